The largest absolute Gasteiger partial charge is 0.369 e. The van der Waals surface area contributed by atoms with Crippen LogP contribution in [0.4, 0.5) is 10.1 Å². The molecule has 0 aromatic heterocycles. The first-order valence-electron chi connectivity index (χ1n) is 9.89. The predicted molar refractivity (Wildman–Crippen MR) is 120 cm³/mol. The monoisotopic (exact) mass is 420 g/mol. The molecule has 2 aromatic carbocycles. The first kappa shape index (κ1) is 21.5. The number of hydrogen-bond acceptors (Lipinski definition) is 3. The molecule has 4 rings (SSSR count). The SMILES string of the molecule is C.Fc1cc(CSc2c(Cl)ccc3c2CCNCC3)ccc1N1CCCCC1. The quantitative estimate of drug-likeness (QED) is 0.603. The van der Waals surface area contributed by atoms with Crippen LogP contribution in [0.2, 0.25) is 5.02 Å². The minimum atomic E-state index is -0.0998. The molecule has 0 saturated carbocycles. The molecule has 0 aliphatic carbocycles. The summed E-state index contributed by atoms with van der Waals surface area (Å²) < 4.78 is 14.7. The van der Waals surface area contributed by atoms with Crippen LogP contribution in [0.25, 0.3) is 0 Å². The van der Waals surface area contributed by atoms with Crippen LogP contribution in [0.3, 0.4) is 0 Å². The highest BCUT2D eigenvalue weighted by atomic mass is 35.5. The fraction of sp³-hybridized carbons (Fsp3) is 0.478. The molecule has 28 heavy (non-hydrogen) atoms. The Labute approximate surface area is 177 Å². The van der Waals surface area contributed by atoms with E-state index < -0.39 is 0 Å². The molecule has 2 aliphatic heterocycles. The Hall–Kier alpha value is -1.23. The number of halogens is 2. The van der Waals surface area contributed by atoms with Crippen LogP contribution in [-0.2, 0) is 18.6 Å². The molecule has 0 radical (unpaired) electrons. The number of fused-ring (bicyclic) bond motifs is 1. The maximum atomic E-state index is 14.7. The van der Waals surface area contributed by atoms with E-state index in [1.54, 1.807) is 17.8 Å². The van der Waals surface area contributed by atoms with Gasteiger partial charge in [-0.25, -0.2) is 4.39 Å². The summed E-state index contributed by atoms with van der Waals surface area (Å²) in [5.41, 5.74) is 4.52. The number of rotatable bonds is 4. The van der Waals surface area contributed by atoms with E-state index in [1.165, 1.54) is 22.4 Å². The maximum Gasteiger partial charge on any atom is 0.146 e. The number of anilines is 1. The van der Waals surface area contributed by atoms with Crippen molar-refractivity contribution < 1.29 is 4.39 Å². The van der Waals surface area contributed by atoms with Crippen molar-refractivity contribution in [2.75, 3.05) is 31.1 Å². The van der Waals surface area contributed by atoms with Crippen molar-refractivity contribution in [3.63, 3.8) is 0 Å². The molecule has 2 heterocycles. The summed E-state index contributed by atoms with van der Waals surface area (Å²) in [7, 11) is 0. The molecule has 2 aliphatic rings. The fourth-order valence-electron chi connectivity index (χ4n) is 4.05. The second-order valence-electron chi connectivity index (χ2n) is 7.39. The van der Waals surface area contributed by atoms with Crippen molar-refractivity contribution in [3.05, 3.63) is 57.9 Å². The summed E-state index contributed by atoms with van der Waals surface area (Å²) >= 11 is 8.25. The molecule has 0 unspecified atom stereocenters. The van der Waals surface area contributed by atoms with Gasteiger partial charge in [-0.3, -0.25) is 0 Å². The van der Waals surface area contributed by atoms with Gasteiger partial charge in [0.15, 0.2) is 0 Å². The molecule has 0 amide bonds. The summed E-state index contributed by atoms with van der Waals surface area (Å²) in [6, 6.07) is 9.88. The average Bonchev–Trinajstić information content (AvgIpc) is 2.93. The molecule has 2 nitrogen and oxygen atoms in total. The van der Waals surface area contributed by atoms with Crippen molar-refractivity contribution in [1.82, 2.24) is 5.32 Å². The van der Waals surface area contributed by atoms with Gasteiger partial charge in [-0.2, -0.15) is 0 Å². The topological polar surface area (TPSA) is 15.3 Å². The van der Waals surface area contributed by atoms with Gasteiger partial charge in [0.2, 0.25) is 0 Å². The molecule has 0 spiro atoms. The highest BCUT2D eigenvalue weighted by Crippen LogP contribution is 2.36. The Bertz CT molecular complexity index is 805. The summed E-state index contributed by atoms with van der Waals surface area (Å²) in [4.78, 5) is 3.34. The lowest BCUT2D eigenvalue weighted by Gasteiger charge is -2.29. The Balaban J connectivity index is 0.00000225. The van der Waals surface area contributed by atoms with Gasteiger partial charge in [0.1, 0.15) is 5.82 Å². The van der Waals surface area contributed by atoms with Crippen LogP contribution >= 0.6 is 23.4 Å². The highest BCUT2D eigenvalue weighted by molar-refractivity contribution is 7.98. The van der Waals surface area contributed by atoms with Crippen LogP contribution in [0.15, 0.2) is 35.2 Å². The zero-order valence-electron chi connectivity index (χ0n) is 15.6. The molecule has 1 saturated heterocycles. The van der Waals surface area contributed by atoms with E-state index in [4.69, 9.17) is 11.6 Å². The minimum absolute atomic E-state index is 0. The lowest BCUT2D eigenvalue weighted by Crippen LogP contribution is -2.30. The van der Waals surface area contributed by atoms with Gasteiger partial charge in [-0.1, -0.05) is 31.2 Å². The first-order chi connectivity index (χ1) is 13.2. The van der Waals surface area contributed by atoms with E-state index in [-0.39, 0.29) is 13.2 Å². The normalized spacial score (nSPS) is 16.9. The van der Waals surface area contributed by atoms with E-state index in [9.17, 15) is 4.39 Å². The third-order valence-corrected chi connectivity index (χ3v) is 7.18. The zero-order valence-corrected chi connectivity index (χ0v) is 17.1. The van der Waals surface area contributed by atoms with E-state index in [2.05, 4.69) is 22.3 Å². The smallest absolute Gasteiger partial charge is 0.146 e. The van der Waals surface area contributed by atoms with Gasteiger partial charge in [0.05, 0.1) is 10.7 Å². The second kappa shape index (κ2) is 10.00. The molecule has 0 atom stereocenters. The summed E-state index contributed by atoms with van der Waals surface area (Å²) in [6.07, 6.45) is 5.61. The minimum Gasteiger partial charge on any atom is -0.369 e. The molecular formula is C23H30ClFN2S. The van der Waals surface area contributed by atoms with Gasteiger partial charge in [0, 0.05) is 23.7 Å². The molecule has 1 N–H and O–H groups in total. The average molecular weight is 421 g/mol. The van der Waals surface area contributed by atoms with Gasteiger partial charge < -0.3 is 10.2 Å². The number of hydrogen-bond donors (Lipinski definition) is 1. The van der Waals surface area contributed by atoms with Crippen LogP contribution in [0, 0.1) is 5.82 Å². The summed E-state index contributed by atoms with van der Waals surface area (Å²) in [5.74, 6) is 0.637. The van der Waals surface area contributed by atoms with Crippen molar-refractivity contribution in [2.45, 2.75) is 50.2 Å². The third-order valence-electron chi connectivity index (χ3n) is 5.52. The van der Waals surface area contributed by atoms with Crippen molar-refractivity contribution in [3.8, 4) is 0 Å². The third kappa shape index (κ3) is 4.84. The van der Waals surface area contributed by atoms with Crippen LogP contribution < -0.4 is 10.2 Å². The summed E-state index contributed by atoms with van der Waals surface area (Å²) in [5, 5.41) is 4.26. The van der Waals surface area contributed by atoms with Crippen LogP contribution in [0.5, 0.6) is 0 Å². The maximum absolute atomic E-state index is 14.7. The van der Waals surface area contributed by atoms with Crippen LogP contribution in [-0.4, -0.2) is 26.2 Å². The van der Waals surface area contributed by atoms with Crippen molar-refractivity contribution >= 4 is 29.1 Å². The van der Waals surface area contributed by atoms with Crippen molar-refractivity contribution in [1.29, 1.82) is 0 Å². The predicted octanol–water partition coefficient (Wildman–Crippen LogP) is 6.09. The fourth-order valence-corrected chi connectivity index (χ4v) is 5.50. The van der Waals surface area contributed by atoms with E-state index in [0.29, 0.717) is 0 Å². The molecule has 0 bridgehead atoms. The van der Waals surface area contributed by atoms with Crippen molar-refractivity contribution in [2.24, 2.45) is 0 Å². The summed E-state index contributed by atoms with van der Waals surface area (Å²) in [6.45, 7) is 3.93. The van der Waals surface area contributed by atoms with Gasteiger partial charge in [0.25, 0.3) is 0 Å². The van der Waals surface area contributed by atoms with Gasteiger partial charge in [-0.05, 0) is 80.1 Å². The Kier molecular flexibility index (Phi) is 7.67. The molecular weight excluding hydrogens is 391 g/mol. The first-order valence-corrected chi connectivity index (χ1v) is 11.3. The Morgan fingerprint density at radius 3 is 2.61 bits per heavy atom. The van der Waals surface area contributed by atoms with Gasteiger partial charge in [-0.15, -0.1) is 11.8 Å². The number of thioether (sulfide) groups is 1. The van der Waals surface area contributed by atoms with E-state index >= 15 is 0 Å². The lowest BCUT2D eigenvalue weighted by atomic mass is 10.0. The standard InChI is InChI=1S/C22H26ClFN2S.CH4/c23-19-6-5-17-8-10-25-11-9-18(17)22(19)27-15-16-4-7-21(20(24)14-16)26-12-2-1-3-13-26;/h4-7,14,25H,1-3,8-13,15H2;1H4. The van der Waals surface area contributed by atoms with E-state index in [1.807, 2.05) is 12.1 Å². The molecule has 152 valence electrons. The number of benzene rings is 2. The Morgan fingerprint density at radius 2 is 1.82 bits per heavy atom. The molecule has 5 heteroatoms. The Morgan fingerprint density at radius 1 is 1.04 bits per heavy atom. The molecule has 2 aromatic rings. The highest BCUT2D eigenvalue weighted by Gasteiger charge is 2.17. The second-order valence-corrected chi connectivity index (χ2v) is 8.78. The lowest BCUT2D eigenvalue weighted by molar-refractivity contribution is 0.556. The van der Waals surface area contributed by atoms with Gasteiger partial charge >= 0.3 is 0 Å². The zero-order chi connectivity index (χ0) is 18.6. The number of nitrogens with one attached hydrogen (secondary N) is 1. The number of piperidine rings is 1. The number of nitrogens with zero attached hydrogens (tertiary/aromatic N) is 1. The van der Waals surface area contributed by atoms with Crippen LogP contribution in [0.1, 0.15) is 43.4 Å². The van der Waals surface area contributed by atoms with E-state index in [0.717, 1.165) is 73.9 Å². The molecule has 1 fully saturated rings.